The lowest BCUT2D eigenvalue weighted by Crippen LogP contribution is -2.49. The van der Waals surface area contributed by atoms with Crippen LogP contribution in [-0.4, -0.2) is 55.0 Å². The van der Waals surface area contributed by atoms with Gasteiger partial charge in [0.2, 0.25) is 5.91 Å². The van der Waals surface area contributed by atoms with Crippen molar-refractivity contribution in [2.75, 3.05) is 26.2 Å². The molecule has 132 valence electrons. The first kappa shape index (κ1) is 21.8. The minimum atomic E-state index is -2.75. The topological polar surface area (TPSA) is 44.4 Å². The minimum Gasteiger partial charge on any atom is -0.352 e. The average Bonchev–Trinajstić information content (AvgIpc) is 2.72. The van der Waals surface area contributed by atoms with Crippen LogP contribution in [0.15, 0.2) is 0 Å². The molecule has 0 radical (unpaired) electrons. The molecule has 1 amide bonds. The maximum absolute atomic E-state index is 13.1. The third kappa shape index (κ3) is 6.52. The van der Waals surface area contributed by atoms with Gasteiger partial charge in [-0.2, -0.15) is 0 Å². The molecule has 8 heteroatoms. The largest absolute Gasteiger partial charge is 0.352 e. The Bertz CT molecular complexity index is 351. The summed E-state index contributed by atoms with van der Waals surface area (Å²) in [5.74, 6) is -2.38. The van der Waals surface area contributed by atoms with Gasteiger partial charge in [0.15, 0.2) is 0 Å². The summed E-state index contributed by atoms with van der Waals surface area (Å²) in [4.78, 5) is 14.3. The summed E-state index contributed by atoms with van der Waals surface area (Å²) < 4.78 is 26.1. The Hall–Kier alpha value is -0.170. The predicted molar refractivity (Wildman–Crippen MR) is 88.3 cm³/mol. The van der Waals surface area contributed by atoms with Gasteiger partial charge in [0.25, 0.3) is 5.92 Å². The molecule has 22 heavy (non-hydrogen) atoms. The van der Waals surface area contributed by atoms with Gasteiger partial charge in [-0.15, -0.1) is 24.8 Å². The fourth-order valence-electron chi connectivity index (χ4n) is 2.98. The van der Waals surface area contributed by atoms with E-state index in [9.17, 15) is 13.6 Å². The molecule has 0 aromatic carbocycles. The summed E-state index contributed by atoms with van der Waals surface area (Å²) >= 11 is 0. The van der Waals surface area contributed by atoms with E-state index in [4.69, 9.17) is 0 Å². The van der Waals surface area contributed by atoms with Crippen LogP contribution in [0.1, 0.15) is 33.1 Å². The average molecular weight is 362 g/mol. The molecular weight excluding hydrogens is 335 g/mol. The number of amides is 1. The molecule has 1 unspecified atom stereocenters. The van der Waals surface area contributed by atoms with Crippen molar-refractivity contribution in [1.82, 2.24) is 15.5 Å². The predicted octanol–water partition coefficient (Wildman–Crippen LogP) is 2.06. The number of carbonyl (C=O) groups is 1. The van der Waals surface area contributed by atoms with E-state index in [0.29, 0.717) is 5.92 Å². The summed E-state index contributed by atoms with van der Waals surface area (Å²) in [5.41, 5.74) is 0. The van der Waals surface area contributed by atoms with Crippen molar-refractivity contribution in [3.63, 3.8) is 0 Å². The standard InChI is InChI=1S/C14H25F2N3O.2ClH/c1-10(2)8-19-5-3-11(4-6-19)18-13(20)12-7-14(15,16)9-17-12;;/h10-12,17H,3-9H2,1-2H3,(H,18,20);2*1H. The van der Waals surface area contributed by atoms with Crippen LogP contribution < -0.4 is 10.6 Å². The normalized spacial score (nSPS) is 25.4. The highest BCUT2D eigenvalue weighted by molar-refractivity contribution is 5.85. The van der Waals surface area contributed by atoms with Gasteiger partial charge in [0.1, 0.15) is 0 Å². The maximum atomic E-state index is 13.1. The third-order valence-electron chi connectivity index (χ3n) is 3.98. The van der Waals surface area contributed by atoms with Gasteiger partial charge in [-0.1, -0.05) is 13.8 Å². The Kier molecular flexibility index (Phi) is 9.13. The molecule has 0 bridgehead atoms. The first-order chi connectivity index (χ1) is 9.35. The molecule has 2 saturated heterocycles. The van der Waals surface area contributed by atoms with E-state index in [2.05, 4.69) is 29.4 Å². The second-order valence-corrected chi connectivity index (χ2v) is 6.47. The van der Waals surface area contributed by atoms with Crippen molar-refractivity contribution in [3.05, 3.63) is 0 Å². The Morgan fingerprint density at radius 1 is 1.32 bits per heavy atom. The van der Waals surface area contributed by atoms with E-state index >= 15 is 0 Å². The molecular formula is C14H27Cl2F2N3O. The van der Waals surface area contributed by atoms with Crippen molar-refractivity contribution < 1.29 is 13.6 Å². The number of alkyl halides is 2. The van der Waals surface area contributed by atoms with Gasteiger partial charge < -0.3 is 10.2 Å². The highest BCUT2D eigenvalue weighted by Gasteiger charge is 2.42. The van der Waals surface area contributed by atoms with E-state index in [0.717, 1.165) is 32.5 Å². The molecule has 0 spiro atoms. The summed E-state index contributed by atoms with van der Waals surface area (Å²) in [6.07, 6.45) is 1.42. The van der Waals surface area contributed by atoms with Crippen molar-refractivity contribution in [2.24, 2.45) is 5.92 Å². The van der Waals surface area contributed by atoms with Crippen LogP contribution in [0, 0.1) is 5.92 Å². The lowest BCUT2D eigenvalue weighted by molar-refractivity contribution is -0.124. The van der Waals surface area contributed by atoms with Gasteiger partial charge in [0.05, 0.1) is 12.6 Å². The van der Waals surface area contributed by atoms with Crippen LogP contribution in [0.5, 0.6) is 0 Å². The van der Waals surface area contributed by atoms with Crippen LogP contribution in [0.3, 0.4) is 0 Å². The fraction of sp³-hybridized carbons (Fsp3) is 0.929. The maximum Gasteiger partial charge on any atom is 0.262 e. The van der Waals surface area contributed by atoms with E-state index in [-0.39, 0.29) is 43.2 Å². The van der Waals surface area contributed by atoms with E-state index < -0.39 is 18.5 Å². The van der Waals surface area contributed by atoms with Gasteiger partial charge >= 0.3 is 0 Å². The number of rotatable bonds is 4. The molecule has 4 nitrogen and oxygen atoms in total. The number of halogens is 4. The molecule has 0 aromatic heterocycles. The molecule has 2 rings (SSSR count). The zero-order valence-corrected chi connectivity index (χ0v) is 14.7. The summed E-state index contributed by atoms with van der Waals surface area (Å²) in [6.45, 7) is 7.02. The number of likely N-dealkylation sites (tertiary alicyclic amines) is 1. The van der Waals surface area contributed by atoms with Crippen LogP contribution in [0.4, 0.5) is 8.78 Å². The molecule has 1 atom stereocenters. The second-order valence-electron chi connectivity index (χ2n) is 6.47. The van der Waals surface area contributed by atoms with Gasteiger partial charge in [-0.05, 0) is 18.8 Å². The Balaban J connectivity index is 0.00000220. The Morgan fingerprint density at radius 3 is 2.36 bits per heavy atom. The molecule has 2 aliphatic rings. The number of hydrogen-bond donors (Lipinski definition) is 2. The number of nitrogens with zero attached hydrogens (tertiary/aromatic N) is 1. The first-order valence-corrected chi connectivity index (χ1v) is 7.50. The van der Waals surface area contributed by atoms with Crippen molar-refractivity contribution in [1.29, 1.82) is 0 Å². The van der Waals surface area contributed by atoms with Crippen molar-refractivity contribution >= 4 is 30.7 Å². The lowest BCUT2D eigenvalue weighted by atomic mass is 10.0. The van der Waals surface area contributed by atoms with Crippen LogP contribution in [0.25, 0.3) is 0 Å². The minimum absolute atomic E-state index is 0. The summed E-state index contributed by atoms with van der Waals surface area (Å²) in [5, 5.41) is 5.51. The molecule has 2 aliphatic heterocycles. The molecule has 0 aliphatic carbocycles. The van der Waals surface area contributed by atoms with Gasteiger partial charge in [0, 0.05) is 32.1 Å². The van der Waals surface area contributed by atoms with Crippen LogP contribution in [-0.2, 0) is 4.79 Å². The molecule has 0 aromatic rings. The molecule has 2 fully saturated rings. The fourth-order valence-corrected chi connectivity index (χ4v) is 2.98. The van der Waals surface area contributed by atoms with E-state index in [1.54, 1.807) is 0 Å². The third-order valence-corrected chi connectivity index (χ3v) is 3.98. The highest BCUT2D eigenvalue weighted by atomic mass is 35.5. The summed E-state index contributed by atoms with van der Waals surface area (Å²) in [7, 11) is 0. The van der Waals surface area contributed by atoms with E-state index in [1.165, 1.54) is 0 Å². The number of piperidine rings is 1. The van der Waals surface area contributed by atoms with Gasteiger partial charge in [-0.3, -0.25) is 10.1 Å². The molecule has 0 saturated carbocycles. The van der Waals surface area contributed by atoms with Crippen molar-refractivity contribution in [3.8, 4) is 0 Å². The molecule has 2 heterocycles. The monoisotopic (exact) mass is 361 g/mol. The Labute approximate surface area is 143 Å². The smallest absolute Gasteiger partial charge is 0.262 e. The number of nitrogens with one attached hydrogen (secondary N) is 2. The van der Waals surface area contributed by atoms with Crippen LogP contribution in [0.2, 0.25) is 0 Å². The highest BCUT2D eigenvalue weighted by Crippen LogP contribution is 2.25. The quantitative estimate of drug-likeness (QED) is 0.805. The molecule has 2 N–H and O–H groups in total. The first-order valence-electron chi connectivity index (χ1n) is 7.50. The Morgan fingerprint density at radius 2 is 1.91 bits per heavy atom. The zero-order chi connectivity index (χ0) is 14.8. The second kappa shape index (κ2) is 9.21. The zero-order valence-electron chi connectivity index (χ0n) is 13.1. The van der Waals surface area contributed by atoms with Gasteiger partial charge in [-0.25, -0.2) is 8.78 Å². The SMILES string of the molecule is CC(C)CN1CCC(NC(=O)C2CC(F)(F)CN2)CC1.Cl.Cl. The number of hydrogen-bond acceptors (Lipinski definition) is 3. The van der Waals surface area contributed by atoms with Crippen LogP contribution >= 0.6 is 24.8 Å². The summed E-state index contributed by atoms with van der Waals surface area (Å²) in [6, 6.07) is -0.611. The van der Waals surface area contributed by atoms with Crippen molar-refractivity contribution in [2.45, 2.75) is 51.1 Å². The number of carbonyl (C=O) groups excluding carboxylic acids is 1. The van der Waals surface area contributed by atoms with E-state index in [1.807, 2.05) is 0 Å². The lowest BCUT2D eigenvalue weighted by Gasteiger charge is -2.33.